The molecule has 98 valence electrons. The lowest BCUT2D eigenvalue weighted by atomic mass is 9.98. The topological polar surface area (TPSA) is 26.0 Å². The van der Waals surface area contributed by atoms with E-state index in [0.717, 1.165) is 12.0 Å². The molecule has 0 amide bonds. The summed E-state index contributed by atoms with van der Waals surface area (Å²) in [5, 5.41) is 0.216. The summed E-state index contributed by atoms with van der Waals surface area (Å²) in [4.78, 5) is 1.27. The fourth-order valence-corrected chi connectivity index (χ4v) is 3.87. The van der Waals surface area contributed by atoms with Gasteiger partial charge in [-0.25, -0.2) is 4.39 Å². The Kier molecular flexibility index (Phi) is 3.33. The van der Waals surface area contributed by atoms with Crippen LogP contribution in [0.25, 0.3) is 0 Å². The third-order valence-corrected chi connectivity index (χ3v) is 5.00. The van der Waals surface area contributed by atoms with Crippen LogP contribution in [0.15, 0.2) is 47.4 Å². The zero-order chi connectivity index (χ0) is 13.4. The minimum Gasteiger partial charge on any atom is -0.323 e. The van der Waals surface area contributed by atoms with Crippen LogP contribution in [0.2, 0.25) is 0 Å². The van der Waals surface area contributed by atoms with Gasteiger partial charge in [-0.15, -0.1) is 11.8 Å². The average molecular weight is 273 g/mol. The average Bonchev–Trinajstić information content (AvgIpc) is 2.84. The highest BCUT2D eigenvalue weighted by molar-refractivity contribution is 8.00. The van der Waals surface area contributed by atoms with Crippen LogP contribution in [0.4, 0.5) is 4.39 Å². The third-order valence-electron chi connectivity index (χ3n) is 3.58. The predicted molar refractivity (Wildman–Crippen MR) is 77.9 cm³/mol. The summed E-state index contributed by atoms with van der Waals surface area (Å²) in [6.07, 6.45) is 0.912. The lowest BCUT2D eigenvalue weighted by Gasteiger charge is -2.19. The minimum absolute atomic E-state index is 0.199. The van der Waals surface area contributed by atoms with Crippen LogP contribution in [0.5, 0.6) is 0 Å². The van der Waals surface area contributed by atoms with Crippen LogP contribution in [-0.4, -0.2) is 5.25 Å². The summed E-state index contributed by atoms with van der Waals surface area (Å²) in [7, 11) is 0. The third kappa shape index (κ3) is 2.40. The molecule has 0 fully saturated rings. The molecule has 2 aromatic rings. The summed E-state index contributed by atoms with van der Waals surface area (Å²) in [5.74, 6) is -0.199. The highest BCUT2D eigenvalue weighted by Gasteiger charge is 2.29. The number of benzene rings is 2. The van der Waals surface area contributed by atoms with Gasteiger partial charge in [0.2, 0.25) is 0 Å². The van der Waals surface area contributed by atoms with Crippen molar-refractivity contribution >= 4 is 11.8 Å². The summed E-state index contributed by atoms with van der Waals surface area (Å²) >= 11 is 1.76. The van der Waals surface area contributed by atoms with Gasteiger partial charge in [0.25, 0.3) is 0 Å². The van der Waals surface area contributed by atoms with Crippen LogP contribution in [-0.2, 0) is 6.42 Å². The molecular weight excluding hydrogens is 257 g/mol. The molecule has 0 saturated heterocycles. The molecule has 3 heteroatoms. The monoisotopic (exact) mass is 273 g/mol. The zero-order valence-electron chi connectivity index (χ0n) is 10.8. The number of hydrogen-bond acceptors (Lipinski definition) is 2. The molecule has 0 saturated carbocycles. The van der Waals surface area contributed by atoms with Gasteiger partial charge in [0, 0.05) is 21.8 Å². The number of fused-ring (bicyclic) bond motifs is 1. The Morgan fingerprint density at radius 2 is 2.05 bits per heavy atom. The molecule has 1 heterocycles. The highest BCUT2D eigenvalue weighted by atomic mass is 32.2. The first-order valence-corrected chi connectivity index (χ1v) is 7.29. The van der Waals surface area contributed by atoms with Crippen molar-refractivity contribution in [3.63, 3.8) is 0 Å². The Hall–Kier alpha value is -1.32. The largest absolute Gasteiger partial charge is 0.323 e. The van der Waals surface area contributed by atoms with E-state index in [9.17, 15) is 4.39 Å². The van der Waals surface area contributed by atoms with Crippen LogP contribution >= 0.6 is 11.8 Å². The number of halogens is 1. The fraction of sp³-hybridized carbons (Fsp3) is 0.250. The quantitative estimate of drug-likeness (QED) is 0.899. The second-order valence-electron chi connectivity index (χ2n) is 5.02. The Morgan fingerprint density at radius 1 is 1.26 bits per heavy atom. The number of thioether (sulfide) groups is 1. The maximum absolute atomic E-state index is 13.9. The molecule has 2 unspecified atom stereocenters. The van der Waals surface area contributed by atoms with E-state index in [4.69, 9.17) is 5.73 Å². The van der Waals surface area contributed by atoms with Crippen molar-refractivity contribution in [1.82, 2.24) is 0 Å². The SMILES string of the molecule is Cc1ccc(F)c(C(N)C2Cc3ccccc3S2)c1. The number of nitrogens with two attached hydrogens (primary N) is 1. The normalized spacial score (nSPS) is 19.2. The van der Waals surface area contributed by atoms with Crippen molar-refractivity contribution < 1.29 is 4.39 Å². The van der Waals surface area contributed by atoms with E-state index in [2.05, 4.69) is 12.1 Å². The van der Waals surface area contributed by atoms with Gasteiger partial charge < -0.3 is 5.73 Å². The molecule has 3 rings (SSSR count). The van der Waals surface area contributed by atoms with E-state index in [1.165, 1.54) is 16.5 Å². The van der Waals surface area contributed by atoms with E-state index >= 15 is 0 Å². The maximum atomic E-state index is 13.9. The highest BCUT2D eigenvalue weighted by Crippen LogP contribution is 2.42. The van der Waals surface area contributed by atoms with E-state index < -0.39 is 0 Å². The van der Waals surface area contributed by atoms with Crippen molar-refractivity contribution in [2.24, 2.45) is 5.73 Å². The van der Waals surface area contributed by atoms with Crippen molar-refractivity contribution in [2.75, 3.05) is 0 Å². The van der Waals surface area contributed by atoms with Gasteiger partial charge in [-0.2, -0.15) is 0 Å². The van der Waals surface area contributed by atoms with Crippen molar-refractivity contribution in [2.45, 2.75) is 29.5 Å². The molecule has 1 aliphatic rings. The Bertz CT molecular complexity index is 586. The molecule has 2 N–H and O–H groups in total. The first-order valence-electron chi connectivity index (χ1n) is 6.41. The number of rotatable bonds is 2. The van der Waals surface area contributed by atoms with Gasteiger partial charge in [-0.05, 0) is 31.0 Å². The standard InChI is InChI=1S/C16H16FNS/c1-10-6-7-13(17)12(8-10)16(18)15-9-11-4-2-3-5-14(11)19-15/h2-8,15-16H,9,18H2,1H3. The van der Waals surface area contributed by atoms with Crippen molar-refractivity contribution in [1.29, 1.82) is 0 Å². The molecule has 1 nitrogen and oxygen atoms in total. The Labute approximate surface area is 117 Å². The molecular formula is C16H16FNS. The summed E-state index contributed by atoms with van der Waals surface area (Å²) < 4.78 is 13.9. The smallest absolute Gasteiger partial charge is 0.128 e. The molecule has 19 heavy (non-hydrogen) atoms. The van der Waals surface area contributed by atoms with E-state index in [0.29, 0.717) is 5.56 Å². The van der Waals surface area contributed by atoms with Crippen LogP contribution in [0.3, 0.4) is 0 Å². The first-order chi connectivity index (χ1) is 9.15. The Morgan fingerprint density at radius 3 is 2.84 bits per heavy atom. The molecule has 0 aromatic heterocycles. The molecule has 2 atom stereocenters. The molecule has 0 spiro atoms. The number of hydrogen-bond donors (Lipinski definition) is 1. The van der Waals surface area contributed by atoms with E-state index in [1.54, 1.807) is 17.8 Å². The summed E-state index contributed by atoms with van der Waals surface area (Å²) in [6, 6.07) is 13.2. The maximum Gasteiger partial charge on any atom is 0.128 e. The van der Waals surface area contributed by atoms with E-state index in [-0.39, 0.29) is 17.1 Å². The Balaban J connectivity index is 1.87. The van der Waals surface area contributed by atoms with E-state index in [1.807, 2.05) is 25.1 Å². The molecule has 0 bridgehead atoms. The van der Waals surface area contributed by atoms with Gasteiger partial charge in [0.05, 0.1) is 0 Å². The van der Waals surface area contributed by atoms with Crippen LogP contribution in [0.1, 0.15) is 22.7 Å². The molecule has 0 radical (unpaired) electrons. The first kappa shape index (κ1) is 12.7. The molecule has 1 aliphatic heterocycles. The van der Waals surface area contributed by atoms with Gasteiger partial charge in [0.1, 0.15) is 5.82 Å². The predicted octanol–water partition coefficient (Wildman–Crippen LogP) is 3.85. The lowest BCUT2D eigenvalue weighted by molar-refractivity contribution is 0.571. The van der Waals surface area contributed by atoms with Gasteiger partial charge in [-0.3, -0.25) is 0 Å². The van der Waals surface area contributed by atoms with Gasteiger partial charge >= 0.3 is 0 Å². The second-order valence-corrected chi connectivity index (χ2v) is 6.30. The lowest BCUT2D eigenvalue weighted by Crippen LogP contribution is -2.24. The van der Waals surface area contributed by atoms with Crippen molar-refractivity contribution in [3.8, 4) is 0 Å². The van der Waals surface area contributed by atoms with Crippen LogP contribution < -0.4 is 5.73 Å². The summed E-state index contributed by atoms with van der Waals surface area (Å²) in [5.41, 5.74) is 9.29. The van der Waals surface area contributed by atoms with Gasteiger partial charge in [-0.1, -0.05) is 35.9 Å². The number of aryl methyl sites for hydroxylation is 1. The minimum atomic E-state index is -0.266. The van der Waals surface area contributed by atoms with Crippen LogP contribution in [0, 0.1) is 12.7 Å². The second kappa shape index (κ2) is 4.99. The fourth-order valence-electron chi connectivity index (χ4n) is 2.53. The molecule has 2 aromatic carbocycles. The zero-order valence-corrected chi connectivity index (χ0v) is 11.6. The van der Waals surface area contributed by atoms with Gasteiger partial charge in [0.15, 0.2) is 0 Å². The van der Waals surface area contributed by atoms with Crippen molar-refractivity contribution in [3.05, 3.63) is 65.0 Å². The molecule has 0 aliphatic carbocycles. The summed E-state index contributed by atoms with van der Waals surface area (Å²) in [6.45, 7) is 1.96.